The zero-order valence-corrected chi connectivity index (χ0v) is 16.6. The van der Waals surface area contributed by atoms with Gasteiger partial charge in [-0.3, -0.25) is 15.0 Å². The topological polar surface area (TPSA) is 120 Å². The lowest BCUT2D eigenvalue weighted by Crippen LogP contribution is -2.48. The van der Waals surface area contributed by atoms with Crippen LogP contribution in [0.25, 0.3) is 0 Å². The van der Waals surface area contributed by atoms with E-state index in [2.05, 4.69) is 25.5 Å². The second-order valence-corrected chi connectivity index (χ2v) is 7.26. The van der Waals surface area contributed by atoms with E-state index >= 15 is 0 Å². The quantitative estimate of drug-likeness (QED) is 0.643. The number of fused-ring (bicyclic) bond motifs is 4. The first-order valence-electron chi connectivity index (χ1n) is 9.79. The summed E-state index contributed by atoms with van der Waals surface area (Å²) in [7, 11) is 1.48. The number of hydrogen-bond donors (Lipinski definition) is 3. The molecule has 3 amide bonds. The maximum atomic E-state index is 13.1. The van der Waals surface area contributed by atoms with Crippen LogP contribution < -0.4 is 20.4 Å². The lowest BCUT2D eigenvalue weighted by molar-refractivity contribution is 0.0608. The van der Waals surface area contributed by atoms with Crippen molar-refractivity contribution in [2.24, 2.45) is 0 Å². The van der Waals surface area contributed by atoms with Crippen molar-refractivity contribution in [2.75, 3.05) is 48.5 Å². The number of amides is 3. The van der Waals surface area contributed by atoms with Crippen molar-refractivity contribution in [3.05, 3.63) is 42.2 Å². The Labute approximate surface area is 173 Å². The van der Waals surface area contributed by atoms with E-state index in [0.717, 1.165) is 25.2 Å². The minimum atomic E-state index is -0.806. The molecule has 2 unspecified atom stereocenters. The SMILES string of the molecule is COCC(O)CNC(=O)c1ccc2c(n1)N(C(=O)Nc1ccccn1)C1CCN2C1. The van der Waals surface area contributed by atoms with E-state index in [4.69, 9.17) is 4.74 Å². The minimum absolute atomic E-state index is 0.0319. The van der Waals surface area contributed by atoms with Crippen molar-refractivity contribution >= 4 is 29.3 Å². The summed E-state index contributed by atoms with van der Waals surface area (Å²) in [6.45, 7) is 1.71. The number of methoxy groups -OCH3 is 1. The third kappa shape index (κ3) is 4.05. The van der Waals surface area contributed by atoms with Crippen LogP contribution in [0.2, 0.25) is 0 Å². The predicted molar refractivity (Wildman–Crippen MR) is 111 cm³/mol. The Morgan fingerprint density at radius 2 is 2.20 bits per heavy atom. The molecule has 158 valence electrons. The fourth-order valence-electron chi connectivity index (χ4n) is 3.76. The van der Waals surface area contributed by atoms with Crippen molar-refractivity contribution in [1.82, 2.24) is 15.3 Å². The van der Waals surface area contributed by atoms with Gasteiger partial charge in [-0.2, -0.15) is 0 Å². The van der Waals surface area contributed by atoms with Crippen molar-refractivity contribution in [2.45, 2.75) is 18.6 Å². The van der Waals surface area contributed by atoms with Gasteiger partial charge < -0.3 is 20.1 Å². The summed E-state index contributed by atoms with van der Waals surface area (Å²) in [6.07, 6.45) is 1.62. The molecule has 2 aliphatic rings. The lowest BCUT2D eigenvalue weighted by atomic mass is 10.1. The molecule has 10 heteroatoms. The number of urea groups is 1. The number of anilines is 3. The second-order valence-electron chi connectivity index (χ2n) is 7.26. The van der Waals surface area contributed by atoms with E-state index in [9.17, 15) is 14.7 Å². The molecule has 0 spiro atoms. The van der Waals surface area contributed by atoms with Crippen molar-refractivity contribution < 1.29 is 19.4 Å². The summed E-state index contributed by atoms with van der Waals surface area (Å²) < 4.78 is 4.86. The maximum Gasteiger partial charge on any atom is 0.329 e. The Balaban J connectivity index is 1.56. The fraction of sp³-hybridized carbons (Fsp3) is 0.400. The number of aromatic nitrogens is 2. The highest BCUT2D eigenvalue weighted by Gasteiger charge is 2.40. The van der Waals surface area contributed by atoms with Gasteiger partial charge in [0.05, 0.1) is 24.4 Å². The number of nitrogens with zero attached hydrogens (tertiary/aromatic N) is 4. The molecule has 0 aliphatic carbocycles. The Kier molecular flexibility index (Phi) is 5.77. The summed E-state index contributed by atoms with van der Waals surface area (Å²) in [5, 5.41) is 15.2. The molecule has 2 aromatic heterocycles. The Morgan fingerprint density at radius 3 is 2.97 bits per heavy atom. The molecule has 2 bridgehead atoms. The summed E-state index contributed by atoms with van der Waals surface area (Å²) in [4.78, 5) is 38.0. The Hall–Kier alpha value is -3.24. The third-order valence-electron chi connectivity index (χ3n) is 5.16. The summed E-state index contributed by atoms with van der Waals surface area (Å²) in [5.74, 6) is 0.471. The number of carbonyl (C=O) groups excluding carboxylic acids is 2. The van der Waals surface area contributed by atoms with Crippen LogP contribution in [0.1, 0.15) is 16.9 Å². The molecule has 4 rings (SSSR count). The molecule has 0 radical (unpaired) electrons. The van der Waals surface area contributed by atoms with Crippen LogP contribution in [-0.2, 0) is 4.74 Å². The molecule has 10 nitrogen and oxygen atoms in total. The van der Waals surface area contributed by atoms with E-state index in [0.29, 0.717) is 11.6 Å². The van der Waals surface area contributed by atoms with E-state index in [-0.39, 0.29) is 30.9 Å². The van der Waals surface area contributed by atoms with Gasteiger partial charge in [-0.25, -0.2) is 14.8 Å². The van der Waals surface area contributed by atoms with Crippen molar-refractivity contribution in [1.29, 1.82) is 0 Å². The molecule has 4 heterocycles. The molecule has 1 saturated heterocycles. The van der Waals surface area contributed by atoms with Crippen molar-refractivity contribution in [3.63, 3.8) is 0 Å². The standard InChI is InChI=1S/C20H24N6O4/c1-30-12-14(27)10-22-19(28)15-5-6-16-18(23-15)26(13-7-9-25(16)11-13)20(29)24-17-4-2-3-8-21-17/h2-6,8,13-14,27H,7,9-12H2,1H3,(H,22,28)(H,21,24,29). The number of ether oxygens (including phenoxy) is 1. The van der Waals surface area contributed by atoms with Gasteiger partial charge in [-0.05, 0) is 30.7 Å². The average molecular weight is 412 g/mol. The number of aliphatic hydroxyl groups is 1. The number of aliphatic hydroxyl groups excluding tert-OH is 1. The first-order chi connectivity index (χ1) is 14.6. The molecule has 0 aromatic carbocycles. The van der Waals surface area contributed by atoms with Gasteiger partial charge in [0.25, 0.3) is 5.91 Å². The molecule has 1 fully saturated rings. The molecule has 0 saturated carbocycles. The largest absolute Gasteiger partial charge is 0.389 e. The lowest BCUT2D eigenvalue weighted by Gasteiger charge is -2.35. The molecule has 2 atom stereocenters. The Morgan fingerprint density at radius 1 is 1.33 bits per heavy atom. The van der Waals surface area contributed by atoms with Crippen molar-refractivity contribution in [3.8, 4) is 0 Å². The first-order valence-corrected chi connectivity index (χ1v) is 9.79. The smallest absolute Gasteiger partial charge is 0.329 e. The van der Waals surface area contributed by atoms with E-state index in [1.54, 1.807) is 35.4 Å². The molecular formula is C20H24N6O4. The zero-order chi connectivity index (χ0) is 21.1. The minimum Gasteiger partial charge on any atom is -0.389 e. The van der Waals surface area contributed by atoms with Crippen LogP contribution in [0.4, 0.5) is 22.1 Å². The number of rotatable bonds is 6. The number of nitrogens with one attached hydrogen (secondary N) is 2. The van der Waals surface area contributed by atoms with Gasteiger partial charge in [0.1, 0.15) is 11.5 Å². The predicted octanol–water partition coefficient (Wildman–Crippen LogP) is 0.844. The van der Waals surface area contributed by atoms with Gasteiger partial charge in [-0.15, -0.1) is 0 Å². The second kappa shape index (κ2) is 8.64. The number of pyridine rings is 2. The van der Waals surface area contributed by atoms with E-state index in [1.807, 2.05) is 6.07 Å². The first kappa shape index (κ1) is 20.0. The van der Waals surface area contributed by atoms with Gasteiger partial charge in [-0.1, -0.05) is 6.07 Å². The number of hydrogen-bond acceptors (Lipinski definition) is 7. The highest BCUT2D eigenvalue weighted by Crippen LogP contribution is 2.39. The maximum absolute atomic E-state index is 13.1. The molecule has 3 N–H and O–H groups in total. The van der Waals surface area contributed by atoms with Gasteiger partial charge >= 0.3 is 6.03 Å². The zero-order valence-electron chi connectivity index (χ0n) is 16.6. The Bertz CT molecular complexity index is 925. The van der Waals surface area contributed by atoms with Crippen LogP contribution in [0.5, 0.6) is 0 Å². The third-order valence-corrected chi connectivity index (χ3v) is 5.16. The highest BCUT2D eigenvalue weighted by molar-refractivity contribution is 6.05. The molecular weight excluding hydrogens is 388 g/mol. The highest BCUT2D eigenvalue weighted by atomic mass is 16.5. The summed E-state index contributed by atoms with van der Waals surface area (Å²) >= 11 is 0. The van der Waals surface area contributed by atoms with Gasteiger partial charge in [0, 0.05) is 32.9 Å². The monoisotopic (exact) mass is 412 g/mol. The average Bonchev–Trinajstić information content (AvgIpc) is 3.17. The van der Waals surface area contributed by atoms with Crippen LogP contribution in [0.15, 0.2) is 36.5 Å². The summed E-state index contributed by atoms with van der Waals surface area (Å²) in [5.41, 5.74) is 0.993. The van der Waals surface area contributed by atoms with Crippen LogP contribution in [0, 0.1) is 0 Å². The molecule has 2 aromatic rings. The number of carbonyl (C=O) groups is 2. The molecule has 2 aliphatic heterocycles. The fourth-order valence-corrected chi connectivity index (χ4v) is 3.76. The molecule has 30 heavy (non-hydrogen) atoms. The summed E-state index contributed by atoms with van der Waals surface area (Å²) in [6, 6.07) is 8.36. The van der Waals surface area contributed by atoms with Gasteiger partial charge in [0.15, 0.2) is 5.82 Å². The normalized spacial score (nSPS) is 18.0. The van der Waals surface area contributed by atoms with E-state index in [1.165, 1.54) is 7.11 Å². The van der Waals surface area contributed by atoms with Gasteiger partial charge in [0.2, 0.25) is 0 Å². The van der Waals surface area contributed by atoms with Crippen LogP contribution in [-0.4, -0.2) is 72.5 Å². The van der Waals surface area contributed by atoms with Crippen LogP contribution >= 0.6 is 0 Å². The van der Waals surface area contributed by atoms with Crippen LogP contribution in [0.3, 0.4) is 0 Å². The van der Waals surface area contributed by atoms with E-state index < -0.39 is 12.0 Å².